The van der Waals surface area contributed by atoms with Crippen molar-refractivity contribution in [3.05, 3.63) is 110 Å². The van der Waals surface area contributed by atoms with Gasteiger partial charge in [-0.15, -0.1) is 0 Å². The first-order valence-corrected chi connectivity index (χ1v) is 11.4. The zero-order valence-corrected chi connectivity index (χ0v) is 18.5. The van der Waals surface area contributed by atoms with E-state index >= 15 is 0 Å². The van der Waals surface area contributed by atoms with Crippen LogP contribution < -0.4 is 32.4 Å². The lowest BCUT2D eigenvalue weighted by Gasteiger charge is -2.08. The molecule has 0 atom stereocenters. The number of carbonyl (C=O) groups is 1. The quantitative estimate of drug-likeness (QED) is 0.228. The molecule has 0 aliphatic carbocycles. The average molecular weight is 492 g/mol. The van der Waals surface area contributed by atoms with Crippen molar-refractivity contribution in [2.45, 2.75) is 4.90 Å². The maximum atomic E-state index is 12.8. The first-order valence-electron chi connectivity index (χ1n) is 9.93. The third kappa shape index (κ3) is 4.83. The Hall–Kier alpha value is -4.68. The van der Waals surface area contributed by atoms with Crippen LogP contribution in [0.5, 0.6) is 0 Å². The van der Waals surface area contributed by atoms with Crippen LogP contribution in [0.1, 0.15) is 10.4 Å². The topological polar surface area (TPSA) is 175 Å². The van der Waals surface area contributed by atoms with Crippen LogP contribution in [0.25, 0.3) is 10.8 Å². The molecule has 176 valence electrons. The standard InChI is InChI=1S/C23H16N4O7S/c28-19-12-11-18(26-24-17-8-2-1-5-15(17)23(30)31)22(29)21(19)27-25-16-9-3-7-14-13(16)6-4-10-20(14)35(32,33)34/h1-12,24-25H,(H,30,31)(H,32,33,34)/b26-18?,27-21+. The van der Waals surface area contributed by atoms with E-state index < -0.39 is 32.3 Å². The summed E-state index contributed by atoms with van der Waals surface area (Å²) in [5, 5.41) is 17.0. The fraction of sp³-hybridized carbons (Fsp3) is 0. The SMILES string of the molecule is O=C(O)c1ccccc1NN=c1ccc(=O)/c(=N\Nc2cccc3c(S(=O)(=O)O)cccc23)c1=O. The van der Waals surface area contributed by atoms with E-state index in [0.29, 0.717) is 5.39 Å². The smallest absolute Gasteiger partial charge is 0.337 e. The molecule has 0 heterocycles. The highest BCUT2D eigenvalue weighted by Gasteiger charge is 2.15. The van der Waals surface area contributed by atoms with Gasteiger partial charge < -0.3 is 5.11 Å². The van der Waals surface area contributed by atoms with Crippen LogP contribution in [0, 0.1) is 0 Å². The van der Waals surface area contributed by atoms with Crippen molar-refractivity contribution in [1.29, 1.82) is 0 Å². The highest BCUT2D eigenvalue weighted by atomic mass is 32.2. The number of fused-ring (bicyclic) bond motifs is 1. The fourth-order valence-corrected chi connectivity index (χ4v) is 4.05. The molecule has 11 nitrogen and oxygen atoms in total. The van der Waals surface area contributed by atoms with Crippen molar-refractivity contribution in [2.75, 3.05) is 10.9 Å². The van der Waals surface area contributed by atoms with Crippen molar-refractivity contribution >= 4 is 38.2 Å². The molecule has 0 amide bonds. The highest BCUT2D eigenvalue weighted by molar-refractivity contribution is 7.86. The summed E-state index contributed by atoms with van der Waals surface area (Å²) in [6.45, 7) is 0. The molecule has 0 aliphatic rings. The van der Waals surface area contributed by atoms with Crippen LogP contribution in [-0.4, -0.2) is 24.0 Å². The first-order chi connectivity index (χ1) is 16.7. The monoisotopic (exact) mass is 492 g/mol. The van der Waals surface area contributed by atoms with Gasteiger partial charge in [0.05, 0.1) is 16.9 Å². The van der Waals surface area contributed by atoms with Gasteiger partial charge in [-0.05, 0) is 36.4 Å². The summed E-state index contributed by atoms with van der Waals surface area (Å²) in [6.07, 6.45) is 0. The molecule has 0 radical (unpaired) electrons. The van der Waals surface area contributed by atoms with Gasteiger partial charge >= 0.3 is 5.97 Å². The normalized spacial score (nSPS) is 12.6. The number of rotatable bonds is 6. The Labute approximate surface area is 196 Å². The zero-order valence-electron chi connectivity index (χ0n) is 17.7. The number of para-hydroxylation sites is 1. The van der Waals surface area contributed by atoms with Gasteiger partial charge in [-0.25, -0.2) is 4.79 Å². The van der Waals surface area contributed by atoms with E-state index in [1.807, 2.05) is 0 Å². The number of anilines is 2. The number of nitrogens with zero attached hydrogens (tertiary/aromatic N) is 2. The van der Waals surface area contributed by atoms with E-state index in [9.17, 15) is 32.5 Å². The van der Waals surface area contributed by atoms with E-state index in [-0.39, 0.29) is 32.6 Å². The van der Waals surface area contributed by atoms with Crippen molar-refractivity contribution in [3.8, 4) is 0 Å². The molecule has 4 aromatic carbocycles. The predicted molar refractivity (Wildman–Crippen MR) is 127 cm³/mol. The molecule has 0 fully saturated rings. The summed E-state index contributed by atoms with van der Waals surface area (Å²) in [6, 6.07) is 17.0. The third-order valence-corrected chi connectivity index (χ3v) is 5.89. The van der Waals surface area contributed by atoms with Crippen molar-refractivity contribution in [3.63, 3.8) is 0 Å². The van der Waals surface area contributed by atoms with E-state index in [2.05, 4.69) is 21.1 Å². The summed E-state index contributed by atoms with van der Waals surface area (Å²) in [5.74, 6) is -1.19. The van der Waals surface area contributed by atoms with Crippen LogP contribution in [0.4, 0.5) is 11.4 Å². The van der Waals surface area contributed by atoms with Gasteiger partial charge in [-0.2, -0.15) is 18.6 Å². The summed E-state index contributed by atoms with van der Waals surface area (Å²) in [5.41, 5.74) is 3.98. The van der Waals surface area contributed by atoms with Crippen molar-refractivity contribution < 1.29 is 22.9 Å². The number of hydrogen-bond donors (Lipinski definition) is 4. The molecule has 35 heavy (non-hydrogen) atoms. The largest absolute Gasteiger partial charge is 0.478 e. The Morgan fingerprint density at radius 3 is 2.17 bits per heavy atom. The second kappa shape index (κ2) is 9.29. The average Bonchev–Trinajstić information content (AvgIpc) is 2.82. The van der Waals surface area contributed by atoms with Crippen LogP contribution in [-0.2, 0) is 10.1 Å². The number of carboxylic acid groups (broad SMARTS) is 1. The number of hydrogen-bond acceptors (Lipinski definition) is 9. The molecule has 12 heteroatoms. The molecular formula is C23H16N4O7S. The Bertz CT molecular complexity index is 1810. The van der Waals surface area contributed by atoms with E-state index in [0.717, 1.165) is 6.07 Å². The van der Waals surface area contributed by atoms with Gasteiger partial charge in [0, 0.05) is 10.8 Å². The molecule has 0 saturated heterocycles. The number of benzene rings is 4. The second-order valence-corrected chi connectivity index (χ2v) is 8.58. The Kier molecular flexibility index (Phi) is 6.23. The van der Waals surface area contributed by atoms with Crippen molar-refractivity contribution in [1.82, 2.24) is 0 Å². The maximum absolute atomic E-state index is 12.8. The summed E-state index contributed by atoms with van der Waals surface area (Å²) in [4.78, 5) is 36.1. The Morgan fingerprint density at radius 1 is 0.771 bits per heavy atom. The molecule has 0 aromatic heterocycles. The lowest BCUT2D eigenvalue weighted by molar-refractivity contribution is 0.0698. The molecule has 0 bridgehead atoms. The minimum Gasteiger partial charge on any atom is -0.478 e. The van der Waals surface area contributed by atoms with E-state index in [4.69, 9.17) is 0 Å². The van der Waals surface area contributed by atoms with Crippen LogP contribution >= 0.6 is 0 Å². The number of nitrogens with one attached hydrogen (secondary N) is 2. The van der Waals surface area contributed by atoms with Crippen LogP contribution in [0.15, 0.2) is 97.5 Å². The molecule has 4 rings (SSSR count). The minimum atomic E-state index is -4.48. The first kappa shape index (κ1) is 23.5. The fourth-order valence-electron chi connectivity index (χ4n) is 3.34. The predicted octanol–water partition coefficient (Wildman–Crippen LogP) is 1.24. The molecule has 4 N–H and O–H groups in total. The minimum absolute atomic E-state index is 0.0593. The van der Waals surface area contributed by atoms with Crippen LogP contribution in [0.3, 0.4) is 0 Å². The van der Waals surface area contributed by atoms with Gasteiger partial charge in [0.25, 0.3) is 10.1 Å². The van der Waals surface area contributed by atoms with Gasteiger partial charge in [0.1, 0.15) is 10.3 Å². The molecule has 0 aliphatic heterocycles. The third-order valence-electron chi connectivity index (χ3n) is 4.98. The van der Waals surface area contributed by atoms with Gasteiger partial charge in [0.2, 0.25) is 10.9 Å². The number of carboxylic acids is 1. The zero-order chi connectivity index (χ0) is 25.2. The molecular weight excluding hydrogens is 476 g/mol. The maximum Gasteiger partial charge on any atom is 0.337 e. The van der Waals surface area contributed by atoms with E-state index in [1.54, 1.807) is 18.2 Å². The van der Waals surface area contributed by atoms with Gasteiger partial charge in [-0.3, -0.25) is 25.0 Å². The second-order valence-electron chi connectivity index (χ2n) is 7.19. The molecule has 0 spiro atoms. The molecule has 0 saturated carbocycles. The summed E-state index contributed by atoms with van der Waals surface area (Å²) < 4.78 is 32.8. The van der Waals surface area contributed by atoms with Crippen molar-refractivity contribution in [2.24, 2.45) is 10.2 Å². The Morgan fingerprint density at radius 2 is 1.43 bits per heavy atom. The van der Waals surface area contributed by atoms with Gasteiger partial charge in [-0.1, -0.05) is 36.4 Å². The summed E-state index contributed by atoms with van der Waals surface area (Å²) in [7, 11) is -4.48. The van der Waals surface area contributed by atoms with E-state index in [1.165, 1.54) is 48.5 Å². The molecule has 0 unspecified atom stereocenters. The van der Waals surface area contributed by atoms with Gasteiger partial charge in [0.15, 0.2) is 5.36 Å². The lowest BCUT2D eigenvalue weighted by atomic mass is 10.1. The van der Waals surface area contributed by atoms with Crippen LogP contribution in [0.2, 0.25) is 0 Å². The lowest BCUT2D eigenvalue weighted by Crippen LogP contribution is -2.48. The Balaban J connectivity index is 1.76. The molecule has 4 aromatic rings. The highest BCUT2D eigenvalue weighted by Crippen LogP contribution is 2.28. The summed E-state index contributed by atoms with van der Waals surface area (Å²) >= 11 is 0. The number of aromatic carboxylic acids is 1.